The number of carbonyl (C=O) groups is 2. The lowest BCUT2D eigenvalue weighted by atomic mass is 10.2. The number of fused-ring (bicyclic) bond motifs is 2. The molecule has 0 radical (unpaired) electrons. The molecular weight excluding hydrogens is 439 g/mol. The number of hydrogen-bond acceptors (Lipinski definition) is 4. The normalized spacial score (nSPS) is 11.3. The molecule has 8 nitrogen and oxygen atoms in total. The minimum Gasteiger partial charge on any atom is -0.475 e. The van der Waals surface area contributed by atoms with Crippen molar-refractivity contribution in [2.24, 2.45) is 0 Å². The number of imidazole rings is 1. The average molecular weight is 454 g/mol. The number of hydrogen-bond donors (Lipinski definition) is 3. The van der Waals surface area contributed by atoms with Crippen LogP contribution in [-0.2, 0) is 11.3 Å². The summed E-state index contributed by atoms with van der Waals surface area (Å²) >= 11 is 5.98. The second-order valence-electron chi connectivity index (χ2n) is 6.43. The monoisotopic (exact) mass is 453 g/mol. The van der Waals surface area contributed by atoms with Crippen LogP contribution in [0.5, 0.6) is 0 Å². The van der Waals surface area contributed by atoms with E-state index in [0.29, 0.717) is 23.1 Å². The highest BCUT2D eigenvalue weighted by Gasteiger charge is 2.38. The predicted octanol–water partition coefficient (Wildman–Crippen LogP) is 4.00. The van der Waals surface area contributed by atoms with Crippen LogP contribution in [0, 0.1) is 0 Å². The number of carboxylic acids is 1. The van der Waals surface area contributed by atoms with Gasteiger partial charge in [-0.15, -0.1) is 0 Å². The summed E-state index contributed by atoms with van der Waals surface area (Å²) < 4.78 is 31.7. The lowest BCUT2D eigenvalue weighted by Crippen LogP contribution is -2.27. The summed E-state index contributed by atoms with van der Waals surface area (Å²) in [6.07, 6.45) is -5.08. The molecule has 0 bridgehead atoms. The maximum atomic E-state index is 12.7. The van der Waals surface area contributed by atoms with Gasteiger partial charge in [-0.25, -0.2) is 9.78 Å². The number of amides is 1. The van der Waals surface area contributed by atoms with E-state index in [1.54, 1.807) is 18.0 Å². The number of carboxylic acid groups (broad SMARTS) is 1. The van der Waals surface area contributed by atoms with Gasteiger partial charge >= 0.3 is 12.1 Å². The van der Waals surface area contributed by atoms with Crippen LogP contribution in [0.1, 0.15) is 16.3 Å². The first kappa shape index (κ1) is 22.1. The first-order chi connectivity index (χ1) is 14.6. The maximum absolute atomic E-state index is 12.7. The SMILES string of the molecule is CN(Cc1nc2ccc(Cl)cc2[nH]1)C(=O)c1n[nH]c2ccccc12.O=C(O)C(F)(F)F. The van der Waals surface area contributed by atoms with Crippen LogP contribution in [0.25, 0.3) is 21.9 Å². The molecule has 0 aliphatic carbocycles. The summed E-state index contributed by atoms with van der Waals surface area (Å²) in [5.74, 6) is -2.22. The van der Waals surface area contributed by atoms with Gasteiger partial charge in [0.25, 0.3) is 5.91 Å². The molecule has 12 heteroatoms. The van der Waals surface area contributed by atoms with Crippen molar-refractivity contribution in [2.45, 2.75) is 12.7 Å². The smallest absolute Gasteiger partial charge is 0.475 e. The molecule has 0 saturated carbocycles. The number of aliphatic carboxylic acids is 1. The molecule has 3 N–H and O–H groups in total. The highest BCUT2D eigenvalue weighted by molar-refractivity contribution is 6.31. The number of nitrogens with zero attached hydrogens (tertiary/aromatic N) is 3. The van der Waals surface area contributed by atoms with Gasteiger partial charge in [-0.3, -0.25) is 9.89 Å². The molecule has 4 aromatic rings. The zero-order valence-corrected chi connectivity index (χ0v) is 16.6. The van der Waals surface area contributed by atoms with Crippen molar-refractivity contribution in [1.29, 1.82) is 0 Å². The third-order valence-electron chi connectivity index (χ3n) is 4.14. The van der Waals surface area contributed by atoms with E-state index >= 15 is 0 Å². The van der Waals surface area contributed by atoms with Gasteiger partial charge in [0.05, 0.1) is 23.1 Å². The molecule has 162 valence electrons. The molecule has 2 heterocycles. The Morgan fingerprint density at radius 1 is 1.16 bits per heavy atom. The standard InChI is InChI=1S/C17H14ClN5O.C2HF3O2/c1-23(9-15-19-13-7-6-10(18)8-14(13)20-15)17(24)16-11-4-2-3-5-12(11)21-22-16;3-2(4,5)1(6)7/h2-8H,9H2,1H3,(H,19,20)(H,21,22);(H,6,7). The molecule has 0 saturated heterocycles. The number of para-hydroxylation sites is 1. The van der Waals surface area contributed by atoms with E-state index in [9.17, 15) is 18.0 Å². The quantitative estimate of drug-likeness (QED) is 0.433. The van der Waals surface area contributed by atoms with Crippen LogP contribution < -0.4 is 0 Å². The van der Waals surface area contributed by atoms with Gasteiger partial charge in [0.15, 0.2) is 5.69 Å². The summed E-state index contributed by atoms with van der Waals surface area (Å²) in [5.41, 5.74) is 2.92. The molecule has 0 atom stereocenters. The van der Waals surface area contributed by atoms with Gasteiger partial charge < -0.3 is 15.0 Å². The zero-order chi connectivity index (χ0) is 22.8. The van der Waals surface area contributed by atoms with Crippen molar-refractivity contribution in [3.8, 4) is 0 Å². The van der Waals surface area contributed by atoms with Gasteiger partial charge in [0, 0.05) is 17.5 Å². The van der Waals surface area contributed by atoms with Crippen molar-refractivity contribution in [2.75, 3.05) is 7.05 Å². The molecule has 31 heavy (non-hydrogen) atoms. The highest BCUT2D eigenvalue weighted by atomic mass is 35.5. The number of aromatic nitrogens is 4. The van der Waals surface area contributed by atoms with E-state index in [-0.39, 0.29) is 5.91 Å². The van der Waals surface area contributed by atoms with Crippen molar-refractivity contribution in [3.05, 3.63) is 59.0 Å². The van der Waals surface area contributed by atoms with Crippen molar-refractivity contribution in [3.63, 3.8) is 0 Å². The van der Waals surface area contributed by atoms with Crippen molar-refractivity contribution < 1.29 is 27.9 Å². The fourth-order valence-corrected chi connectivity index (χ4v) is 2.89. The van der Waals surface area contributed by atoms with Crippen molar-refractivity contribution in [1.82, 2.24) is 25.1 Å². The van der Waals surface area contributed by atoms with Crippen LogP contribution in [0.4, 0.5) is 13.2 Å². The number of H-pyrrole nitrogens is 2. The predicted molar refractivity (Wildman–Crippen MR) is 107 cm³/mol. The highest BCUT2D eigenvalue weighted by Crippen LogP contribution is 2.19. The molecule has 2 aromatic carbocycles. The number of halogens is 4. The van der Waals surface area contributed by atoms with Crippen LogP contribution >= 0.6 is 11.6 Å². The molecular formula is C19H15ClF3N5O3. The second kappa shape index (κ2) is 8.64. The maximum Gasteiger partial charge on any atom is 0.490 e. The number of aromatic amines is 2. The van der Waals surface area contributed by atoms with Crippen LogP contribution in [-0.4, -0.2) is 55.3 Å². The van der Waals surface area contributed by atoms with E-state index in [1.807, 2.05) is 36.4 Å². The Balaban J connectivity index is 0.000000339. The molecule has 0 aliphatic rings. The van der Waals surface area contributed by atoms with Crippen molar-refractivity contribution >= 4 is 45.4 Å². The number of nitrogens with one attached hydrogen (secondary N) is 2. The van der Waals surface area contributed by atoms with Gasteiger partial charge in [0.1, 0.15) is 5.82 Å². The number of benzene rings is 2. The van der Waals surface area contributed by atoms with E-state index in [0.717, 1.165) is 21.9 Å². The molecule has 0 spiro atoms. The number of rotatable bonds is 3. The van der Waals surface area contributed by atoms with Gasteiger partial charge in [0.2, 0.25) is 0 Å². The first-order valence-electron chi connectivity index (χ1n) is 8.69. The lowest BCUT2D eigenvalue weighted by molar-refractivity contribution is -0.192. The van der Waals surface area contributed by atoms with Crippen LogP contribution in [0.2, 0.25) is 5.02 Å². The van der Waals surface area contributed by atoms with E-state index in [4.69, 9.17) is 21.5 Å². The topological polar surface area (TPSA) is 115 Å². The molecule has 0 fully saturated rings. The minimum absolute atomic E-state index is 0.161. The Kier molecular flexibility index (Phi) is 6.16. The molecule has 0 aliphatic heterocycles. The average Bonchev–Trinajstić information content (AvgIpc) is 3.30. The van der Waals surface area contributed by atoms with Crippen LogP contribution in [0.3, 0.4) is 0 Å². The summed E-state index contributed by atoms with van der Waals surface area (Å²) in [4.78, 5) is 30.8. The Bertz CT molecular complexity index is 1250. The van der Waals surface area contributed by atoms with Gasteiger partial charge in [-0.05, 0) is 24.3 Å². The number of carbonyl (C=O) groups excluding carboxylic acids is 1. The zero-order valence-electron chi connectivity index (χ0n) is 15.9. The summed E-state index contributed by atoms with van der Waals surface area (Å²) in [6, 6.07) is 13.0. The van der Waals surface area contributed by atoms with Gasteiger partial charge in [-0.1, -0.05) is 29.8 Å². The molecule has 1 amide bonds. The Morgan fingerprint density at radius 3 is 2.52 bits per heavy atom. The first-order valence-corrected chi connectivity index (χ1v) is 9.07. The largest absolute Gasteiger partial charge is 0.490 e. The molecule has 2 aromatic heterocycles. The third kappa shape index (κ3) is 5.12. The summed E-state index contributed by atoms with van der Waals surface area (Å²) in [6.45, 7) is 0.353. The van der Waals surface area contributed by atoms with E-state index in [2.05, 4.69) is 20.2 Å². The minimum atomic E-state index is -5.08. The van der Waals surface area contributed by atoms with Gasteiger partial charge in [-0.2, -0.15) is 18.3 Å². The summed E-state index contributed by atoms with van der Waals surface area (Å²) in [7, 11) is 1.73. The Labute approximate surface area is 177 Å². The molecule has 0 unspecified atom stereocenters. The summed E-state index contributed by atoms with van der Waals surface area (Å²) in [5, 5.41) is 15.6. The number of alkyl halides is 3. The second-order valence-corrected chi connectivity index (χ2v) is 6.86. The van der Waals surface area contributed by atoms with Crippen LogP contribution in [0.15, 0.2) is 42.5 Å². The third-order valence-corrected chi connectivity index (χ3v) is 4.38. The van der Waals surface area contributed by atoms with E-state index < -0.39 is 12.1 Å². The lowest BCUT2D eigenvalue weighted by Gasteiger charge is -2.14. The Morgan fingerprint density at radius 2 is 1.84 bits per heavy atom. The molecule has 4 rings (SSSR count). The fourth-order valence-electron chi connectivity index (χ4n) is 2.71. The fraction of sp³-hybridized carbons (Fsp3) is 0.158. The Hall–Kier alpha value is -3.60. The van der Waals surface area contributed by atoms with E-state index in [1.165, 1.54) is 0 Å².